The second-order valence-electron chi connectivity index (χ2n) is 5.03. The molecule has 1 rings (SSSR count). The molecule has 0 fully saturated rings. The molecule has 5 heteroatoms. The maximum atomic E-state index is 4.57. The second kappa shape index (κ2) is 5.59. The number of hydrogen-bond acceptors (Lipinski definition) is 5. The van der Waals surface area contributed by atoms with Gasteiger partial charge in [-0.15, -0.1) is 0 Å². The van der Waals surface area contributed by atoms with Crippen molar-refractivity contribution in [2.45, 2.75) is 32.6 Å². The first-order valence-corrected chi connectivity index (χ1v) is 6.42. The highest BCUT2D eigenvalue weighted by Gasteiger charge is 2.20. The lowest BCUT2D eigenvalue weighted by atomic mass is 9.96. The van der Waals surface area contributed by atoms with E-state index in [1.165, 1.54) is 11.5 Å². The maximum Gasteiger partial charge on any atom is 0.204 e. The van der Waals surface area contributed by atoms with Gasteiger partial charge in [-0.05, 0) is 20.0 Å². The van der Waals surface area contributed by atoms with Gasteiger partial charge < -0.3 is 10.2 Å². The van der Waals surface area contributed by atoms with Gasteiger partial charge in [0.2, 0.25) is 5.13 Å². The van der Waals surface area contributed by atoms with Crippen LogP contribution in [0.3, 0.4) is 0 Å². The second-order valence-corrected chi connectivity index (χ2v) is 5.76. The summed E-state index contributed by atoms with van der Waals surface area (Å²) >= 11 is 1.49. The van der Waals surface area contributed by atoms with Gasteiger partial charge in [0.1, 0.15) is 5.82 Å². The molecule has 0 bridgehead atoms. The zero-order chi connectivity index (χ0) is 12.2. The summed E-state index contributed by atoms with van der Waals surface area (Å²) < 4.78 is 4.41. The minimum atomic E-state index is 0.0422. The standard InChI is InChI=1S/C11H22N4S/c1-11(2,3)9-13-10(16-14-9)15(5)8-6-7-12-4/h12H,6-8H2,1-5H3. The monoisotopic (exact) mass is 242 g/mol. The first-order chi connectivity index (χ1) is 7.45. The van der Waals surface area contributed by atoms with Crippen LogP contribution in [-0.2, 0) is 5.41 Å². The molecule has 0 amide bonds. The number of rotatable bonds is 5. The Balaban J connectivity index is 2.56. The van der Waals surface area contributed by atoms with Crippen LogP contribution in [0.5, 0.6) is 0 Å². The van der Waals surface area contributed by atoms with Gasteiger partial charge in [-0.1, -0.05) is 20.8 Å². The first kappa shape index (κ1) is 13.4. The molecule has 92 valence electrons. The number of nitrogens with one attached hydrogen (secondary N) is 1. The Bertz CT molecular complexity index is 316. The van der Waals surface area contributed by atoms with E-state index in [4.69, 9.17) is 0 Å². The Morgan fingerprint density at radius 1 is 1.38 bits per heavy atom. The van der Waals surface area contributed by atoms with E-state index in [0.717, 1.165) is 30.5 Å². The predicted octanol–water partition coefficient (Wildman–Crippen LogP) is 1.88. The average molecular weight is 242 g/mol. The highest BCUT2D eigenvalue weighted by atomic mass is 32.1. The van der Waals surface area contributed by atoms with Crippen LogP contribution in [-0.4, -0.2) is 36.5 Å². The van der Waals surface area contributed by atoms with Crippen LogP contribution in [0.2, 0.25) is 0 Å². The largest absolute Gasteiger partial charge is 0.350 e. The number of hydrogen-bond donors (Lipinski definition) is 1. The number of nitrogens with zero attached hydrogens (tertiary/aromatic N) is 3. The molecule has 1 heterocycles. The van der Waals surface area contributed by atoms with Gasteiger partial charge >= 0.3 is 0 Å². The number of anilines is 1. The molecule has 0 saturated heterocycles. The molecule has 1 N–H and O–H groups in total. The lowest BCUT2D eigenvalue weighted by Crippen LogP contribution is -2.22. The molecule has 16 heavy (non-hydrogen) atoms. The van der Waals surface area contributed by atoms with Crippen LogP contribution in [0, 0.1) is 0 Å². The molecule has 0 aliphatic rings. The minimum absolute atomic E-state index is 0.0422. The summed E-state index contributed by atoms with van der Waals surface area (Å²) in [6, 6.07) is 0. The highest BCUT2D eigenvalue weighted by molar-refractivity contribution is 7.09. The Labute approximate surface area is 102 Å². The van der Waals surface area contributed by atoms with Crippen molar-refractivity contribution in [2.75, 3.05) is 32.1 Å². The fourth-order valence-electron chi connectivity index (χ4n) is 1.26. The molecule has 0 atom stereocenters. The van der Waals surface area contributed by atoms with Crippen LogP contribution in [0.1, 0.15) is 33.0 Å². The van der Waals surface area contributed by atoms with Crippen molar-refractivity contribution in [1.29, 1.82) is 0 Å². The van der Waals surface area contributed by atoms with Gasteiger partial charge in [0, 0.05) is 30.5 Å². The van der Waals surface area contributed by atoms with E-state index >= 15 is 0 Å². The third-order valence-electron chi connectivity index (χ3n) is 2.33. The molecule has 0 unspecified atom stereocenters. The van der Waals surface area contributed by atoms with E-state index in [-0.39, 0.29) is 5.41 Å². The smallest absolute Gasteiger partial charge is 0.204 e. The SMILES string of the molecule is CNCCCN(C)c1nc(C(C)(C)C)ns1. The van der Waals surface area contributed by atoms with Gasteiger partial charge in [0.15, 0.2) is 0 Å². The topological polar surface area (TPSA) is 41.0 Å². The van der Waals surface area contributed by atoms with Crippen LogP contribution in [0.15, 0.2) is 0 Å². The predicted molar refractivity (Wildman–Crippen MR) is 70.4 cm³/mol. The minimum Gasteiger partial charge on any atom is -0.350 e. The fourth-order valence-corrected chi connectivity index (χ4v) is 2.10. The van der Waals surface area contributed by atoms with Gasteiger partial charge in [-0.2, -0.15) is 4.37 Å². The Morgan fingerprint density at radius 2 is 2.06 bits per heavy atom. The van der Waals surface area contributed by atoms with E-state index in [2.05, 4.69) is 47.4 Å². The summed E-state index contributed by atoms with van der Waals surface area (Å²) in [7, 11) is 4.05. The zero-order valence-electron chi connectivity index (χ0n) is 10.9. The zero-order valence-corrected chi connectivity index (χ0v) is 11.7. The Kier molecular flexibility index (Phi) is 4.68. The van der Waals surface area contributed by atoms with E-state index in [1.54, 1.807) is 0 Å². The molecule has 0 aromatic carbocycles. The van der Waals surface area contributed by atoms with Crippen molar-refractivity contribution in [1.82, 2.24) is 14.7 Å². The lowest BCUT2D eigenvalue weighted by Gasteiger charge is -2.15. The van der Waals surface area contributed by atoms with Crippen LogP contribution in [0.25, 0.3) is 0 Å². The van der Waals surface area contributed by atoms with Gasteiger partial charge in [-0.25, -0.2) is 4.98 Å². The van der Waals surface area contributed by atoms with Gasteiger partial charge in [0.25, 0.3) is 0 Å². The normalized spacial score (nSPS) is 11.8. The molecular weight excluding hydrogens is 220 g/mol. The summed E-state index contributed by atoms with van der Waals surface area (Å²) in [6.07, 6.45) is 1.12. The lowest BCUT2D eigenvalue weighted by molar-refractivity contribution is 0.554. The van der Waals surface area contributed by atoms with Crippen molar-refractivity contribution >= 4 is 16.7 Å². The quantitative estimate of drug-likeness (QED) is 0.801. The molecule has 0 aliphatic carbocycles. The molecule has 1 aromatic heterocycles. The number of aromatic nitrogens is 2. The fraction of sp³-hybridized carbons (Fsp3) is 0.818. The molecular formula is C11H22N4S. The van der Waals surface area contributed by atoms with Crippen molar-refractivity contribution in [3.05, 3.63) is 5.82 Å². The van der Waals surface area contributed by atoms with E-state index in [1.807, 2.05) is 7.05 Å². The van der Waals surface area contributed by atoms with Crippen LogP contribution in [0.4, 0.5) is 5.13 Å². The molecule has 1 aromatic rings. The van der Waals surface area contributed by atoms with E-state index in [0.29, 0.717) is 0 Å². The van der Waals surface area contributed by atoms with E-state index < -0.39 is 0 Å². The van der Waals surface area contributed by atoms with Crippen molar-refractivity contribution in [3.8, 4) is 0 Å². The maximum absolute atomic E-state index is 4.57. The summed E-state index contributed by atoms with van der Waals surface area (Å²) in [5, 5.41) is 4.16. The van der Waals surface area contributed by atoms with Crippen molar-refractivity contribution in [2.24, 2.45) is 0 Å². The van der Waals surface area contributed by atoms with Crippen LogP contribution >= 0.6 is 11.5 Å². The first-order valence-electron chi connectivity index (χ1n) is 5.65. The average Bonchev–Trinajstić information content (AvgIpc) is 2.66. The third-order valence-corrected chi connectivity index (χ3v) is 3.16. The highest BCUT2D eigenvalue weighted by Crippen LogP contribution is 2.24. The van der Waals surface area contributed by atoms with Crippen LogP contribution < -0.4 is 10.2 Å². The van der Waals surface area contributed by atoms with Gasteiger partial charge in [-0.3, -0.25) is 0 Å². The third kappa shape index (κ3) is 3.72. The van der Waals surface area contributed by atoms with Crippen molar-refractivity contribution in [3.63, 3.8) is 0 Å². The molecule has 0 aliphatic heterocycles. The van der Waals surface area contributed by atoms with Gasteiger partial charge in [0.05, 0.1) is 0 Å². The summed E-state index contributed by atoms with van der Waals surface area (Å²) in [5.41, 5.74) is 0.0422. The molecule has 0 spiro atoms. The molecule has 0 radical (unpaired) electrons. The molecule has 0 saturated carbocycles. The Morgan fingerprint density at radius 3 is 2.56 bits per heavy atom. The summed E-state index contributed by atoms with van der Waals surface area (Å²) in [6.45, 7) is 8.47. The summed E-state index contributed by atoms with van der Waals surface area (Å²) in [4.78, 5) is 6.74. The van der Waals surface area contributed by atoms with E-state index in [9.17, 15) is 0 Å². The molecule has 4 nitrogen and oxygen atoms in total. The Hall–Kier alpha value is -0.680. The van der Waals surface area contributed by atoms with Crippen molar-refractivity contribution < 1.29 is 0 Å². The summed E-state index contributed by atoms with van der Waals surface area (Å²) in [5.74, 6) is 0.938.